The van der Waals surface area contributed by atoms with Crippen molar-refractivity contribution in [3.8, 4) is 5.75 Å². The first-order valence-corrected chi connectivity index (χ1v) is 10.5. The molecule has 1 aliphatic rings. The van der Waals surface area contributed by atoms with Crippen LogP contribution in [-0.2, 0) is 6.42 Å². The zero-order valence-corrected chi connectivity index (χ0v) is 18.3. The molecule has 0 atom stereocenters. The number of carbonyl (C=O) groups is 2. The molecule has 1 heterocycles. The summed E-state index contributed by atoms with van der Waals surface area (Å²) >= 11 is 0. The van der Waals surface area contributed by atoms with E-state index in [1.54, 1.807) is 24.3 Å². The van der Waals surface area contributed by atoms with E-state index >= 15 is 0 Å². The summed E-state index contributed by atoms with van der Waals surface area (Å²) in [5.74, 6) is 0.798. The van der Waals surface area contributed by atoms with Crippen molar-refractivity contribution in [2.24, 2.45) is 5.10 Å². The van der Waals surface area contributed by atoms with Gasteiger partial charge in [0.15, 0.2) is 5.76 Å². The van der Waals surface area contributed by atoms with Crippen molar-refractivity contribution in [1.29, 1.82) is 0 Å². The summed E-state index contributed by atoms with van der Waals surface area (Å²) in [6, 6.07) is 14.5. The molecule has 7 heteroatoms. The van der Waals surface area contributed by atoms with Crippen LogP contribution in [0.4, 0.5) is 5.69 Å². The third-order valence-electron chi connectivity index (χ3n) is 5.57. The van der Waals surface area contributed by atoms with Crippen molar-refractivity contribution in [3.63, 3.8) is 0 Å². The Bertz CT molecular complexity index is 1210. The lowest BCUT2D eigenvalue weighted by molar-refractivity contribution is 0.0950. The Labute approximate surface area is 186 Å². The Kier molecular flexibility index (Phi) is 6.07. The molecule has 32 heavy (non-hydrogen) atoms. The number of furan rings is 1. The molecule has 2 N–H and O–H groups in total. The summed E-state index contributed by atoms with van der Waals surface area (Å²) in [5.41, 5.74) is 6.95. The van der Waals surface area contributed by atoms with Gasteiger partial charge in [0.2, 0.25) is 0 Å². The van der Waals surface area contributed by atoms with E-state index in [0.717, 1.165) is 28.8 Å². The molecule has 4 rings (SSSR count). The van der Waals surface area contributed by atoms with Gasteiger partial charge in [0.05, 0.1) is 18.4 Å². The van der Waals surface area contributed by atoms with Gasteiger partial charge in [-0.25, -0.2) is 5.43 Å². The second kappa shape index (κ2) is 9.09. The van der Waals surface area contributed by atoms with Crippen LogP contribution in [0.2, 0.25) is 0 Å². The monoisotopic (exact) mass is 431 g/mol. The molecule has 0 radical (unpaired) electrons. The minimum Gasteiger partial charge on any atom is -0.496 e. The van der Waals surface area contributed by atoms with E-state index in [0.29, 0.717) is 35.6 Å². The number of anilines is 1. The van der Waals surface area contributed by atoms with Crippen molar-refractivity contribution in [2.75, 3.05) is 12.4 Å². The van der Waals surface area contributed by atoms with Gasteiger partial charge < -0.3 is 14.5 Å². The lowest BCUT2D eigenvalue weighted by Gasteiger charge is -2.14. The highest BCUT2D eigenvalue weighted by Gasteiger charge is 2.28. The van der Waals surface area contributed by atoms with Crippen LogP contribution in [0.5, 0.6) is 5.75 Å². The zero-order chi connectivity index (χ0) is 22.7. The Hall–Kier alpha value is -3.87. The molecule has 0 fully saturated rings. The van der Waals surface area contributed by atoms with Crippen LogP contribution < -0.4 is 15.5 Å². The highest BCUT2D eigenvalue weighted by molar-refractivity contribution is 6.09. The van der Waals surface area contributed by atoms with Crippen LogP contribution in [0.15, 0.2) is 58.0 Å². The van der Waals surface area contributed by atoms with Gasteiger partial charge in [-0.3, -0.25) is 9.59 Å². The predicted molar refractivity (Wildman–Crippen MR) is 123 cm³/mol. The average Bonchev–Trinajstić information content (AvgIpc) is 3.16. The second-order valence-electron chi connectivity index (χ2n) is 7.68. The molecule has 0 bridgehead atoms. The summed E-state index contributed by atoms with van der Waals surface area (Å²) in [7, 11) is 1.52. The molecule has 1 aromatic heterocycles. The third kappa shape index (κ3) is 4.14. The molecule has 7 nitrogen and oxygen atoms in total. The zero-order valence-electron chi connectivity index (χ0n) is 18.3. The summed E-state index contributed by atoms with van der Waals surface area (Å²) in [6.45, 7) is 3.78. The number of ether oxygens (including phenoxy) is 1. The van der Waals surface area contributed by atoms with Crippen molar-refractivity contribution < 1.29 is 18.7 Å². The number of fused-ring (bicyclic) bond motifs is 1. The number of methoxy groups -OCH3 is 1. The Morgan fingerprint density at radius 3 is 2.53 bits per heavy atom. The minimum atomic E-state index is -0.360. The average molecular weight is 431 g/mol. The van der Waals surface area contributed by atoms with Crippen LogP contribution in [0.25, 0.3) is 0 Å². The van der Waals surface area contributed by atoms with Crippen LogP contribution in [0.1, 0.15) is 56.2 Å². The van der Waals surface area contributed by atoms with E-state index < -0.39 is 0 Å². The molecule has 0 saturated carbocycles. The lowest BCUT2D eigenvalue weighted by atomic mass is 9.93. The second-order valence-corrected chi connectivity index (χ2v) is 7.68. The molecular formula is C25H25N3O4. The maximum Gasteiger partial charge on any atom is 0.291 e. The van der Waals surface area contributed by atoms with E-state index in [-0.39, 0.29) is 17.6 Å². The predicted octanol–water partition coefficient (Wildman–Crippen LogP) is 4.63. The first-order chi connectivity index (χ1) is 15.5. The fourth-order valence-electron chi connectivity index (χ4n) is 3.90. The van der Waals surface area contributed by atoms with Gasteiger partial charge >= 0.3 is 0 Å². The Morgan fingerprint density at radius 1 is 1.00 bits per heavy atom. The van der Waals surface area contributed by atoms with Gasteiger partial charge in [-0.05, 0) is 50.5 Å². The topological polar surface area (TPSA) is 92.9 Å². The summed E-state index contributed by atoms with van der Waals surface area (Å²) in [4.78, 5) is 25.5. The lowest BCUT2D eigenvalue weighted by Crippen LogP contribution is -2.22. The van der Waals surface area contributed by atoms with Crippen molar-refractivity contribution in [2.45, 2.75) is 33.1 Å². The fourth-order valence-corrected chi connectivity index (χ4v) is 3.90. The van der Waals surface area contributed by atoms with Crippen LogP contribution in [0.3, 0.4) is 0 Å². The molecule has 2 amide bonds. The largest absolute Gasteiger partial charge is 0.496 e. The van der Waals surface area contributed by atoms with Crippen molar-refractivity contribution in [3.05, 3.63) is 82.3 Å². The van der Waals surface area contributed by atoms with Gasteiger partial charge in [-0.1, -0.05) is 30.3 Å². The van der Waals surface area contributed by atoms with Crippen LogP contribution in [0, 0.1) is 13.8 Å². The highest BCUT2D eigenvalue weighted by atomic mass is 16.5. The van der Waals surface area contributed by atoms with Crippen molar-refractivity contribution in [1.82, 2.24) is 5.43 Å². The number of aryl methyl sites for hydroxylation is 2. The van der Waals surface area contributed by atoms with Gasteiger partial charge in [0.25, 0.3) is 11.8 Å². The molecule has 164 valence electrons. The maximum absolute atomic E-state index is 12.9. The molecule has 0 saturated heterocycles. The first-order valence-electron chi connectivity index (χ1n) is 10.5. The SMILES string of the molecule is COc1ccccc1C(=O)N/N=C1\CCCc2oc(C(=O)Nc3ccccc3C)c(C)c21. The van der Waals surface area contributed by atoms with Gasteiger partial charge in [-0.2, -0.15) is 5.10 Å². The molecule has 0 spiro atoms. The number of hydrogen-bond acceptors (Lipinski definition) is 5. The highest BCUT2D eigenvalue weighted by Crippen LogP contribution is 2.30. The smallest absolute Gasteiger partial charge is 0.291 e. The molecule has 2 aromatic carbocycles. The number of nitrogens with zero attached hydrogens (tertiary/aromatic N) is 1. The van der Waals surface area contributed by atoms with Crippen LogP contribution in [-0.4, -0.2) is 24.6 Å². The number of carbonyl (C=O) groups excluding carboxylic acids is 2. The number of amides is 2. The molecule has 3 aromatic rings. The molecule has 1 aliphatic carbocycles. The summed E-state index contributed by atoms with van der Waals surface area (Å²) in [5, 5.41) is 7.30. The normalized spacial score (nSPS) is 14.0. The summed E-state index contributed by atoms with van der Waals surface area (Å²) < 4.78 is 11.2. The molecule has 0 aliphatic heterocycles. The Balaban J connectivity index is 1.58. The van der Waals surface area contributed by atoms with Gasteiger partial charge in [-0.15, -0.1) is 0 Å². The number of para-hydroxylation sites is 2. The quantitative estimate of drug-likeness (QED) is 0.576. The Morgan fingerprint density at radius 2 is 1.75 bits per heavy atom. The number of nitrogens with one attached hydrogen (secondary N) is 2. The first kappa shape index (κ1) is 21.4. The van der Waals surface area contributed by atoms with E-state index in [9.17, 15) is 9.59 Å². The molecule has 0 unspecified atom stereocenters. The van der Waals surface area contributed by atoms with E-state index in [1.165, 1.54) is 7.11 Å². The van der Waals surface area contributed by atoms with Gasteiger partial charge in [0, 0.05) is 23.2 Å². The van der Waals surface area contributed by atoms with E-state index in [2.05, 4.69) is 15.8 Å². The minimum absolute atomic E-state index is 0.268. The van der Waals surface area contributed by atoms with E-state index in [1.807, 2.05) is 38.1 Å². The molecular weight excluding hydrogens is 406 g/mol. The summed E-state index contributed by atoms with van der Waals surface area (Å²) in [6.07, 6.45) is 2.22. The van der Waals surface area contributed by atoms with Crippen LogP contribution >= 0.6 is 0 Å². The number of hydrazone groups is 1. The maximum atomic E-state index is 12.9. The number of hydrogen-bond donors (Lipinski definition) is 2. The van der Waals surface area contributed by atoms with E-state index in [4.69, 9.17) is 9.15 Å². The number of rotatable bonds is 5. The fraction of sp³-hybridized carbons (Fsp3) is 0.240. The number of benzene rings is 2. The van der Waals surface area contributed by atoms with Crippen molar-refractivity contribution >= 4 is 23.2 Å². The third-order valence-corrected chi connectivity index (χ3v) is 5.57. The standard InChI is InChI=1S/C25H25N3O4/c1-15-9-4-6-11-18(15)26-25(30)23-16(2)22-19(12-8-14-21(22)32-23)27-28-24(29)17-10-5-7-13-20(17)31-3/h4-7,9-11,13H,8,12,14H2,1-3H3,(H,26,30)(H,28,29)/b27-19+. The van der Waals surface area contributed by atoms with Gasteiger partial charge in [0.1, 0.15) is 11.5 Å².